The van der Waals surface area contributed by atoms with E-state index in [9.17, 15) is 4.79 Å². The van der Waals surface area contributed by atoms with E-state index in [1.54, 1.807) is 35.8 Å². The van der Waals surface area contributed by atoms with Gasteiger partial charge in [0.05, 0.1) is 18.9 Å². The third-order valence-corrected chi connectivity index (χ3v) is 3.90. The lowest BCUT2D eigenvalue weighted by Gasteiger charge is -2.05. The molecule has 1 aromatic carbocycles. The van der Waals surface area contributed by atoms with Crippen LogP contribution in [0.15, 0.2) is 41.5 Å². The molecule has 104 valence electrons. The first kappa shape index (κ1) is 14.3. The Kier molecular flexibility index (Phi) is 4.90. The van der Waals surface area contributed by atoms with E-state index in [0.29, 0.717) is 11.3 Å². The average molecular weight is 288 g/mol. The summed E-state index contributed by atoms with van der Waals surface area (Å²) < 4.78 is 5.14. The van der Waals surface area contributed by atoms with Gasteiger partial charge in [0, 0.05) is 9.75 Å². The number of carbonyl (C=O) groups is 1. The van der Waals surface area contributed by atoms with Crippen molar-refractivity contribution in [3.63, 3.8) is 0 Å². The number of hydrazone groups is 1. The van der Waals surface area contributed by atoms with Crippen LogP contribution in [0, 0.1) is 0 Å². The quantitative estimate of drug-likeness (QED) is 0.679. The maximum atomic E-state index is 12.0. The summed E-state index contributed by atoms with van der Waals surface area (Å²) in [4.78, 5) is 14.3. The number of hydrogen-bond donors (Lipinski definition) is 1. The van der Waals surface area contributed by atoms with Crippen molar-refractivity contribution in [3.8, 4) is 5.75 Å². The Morgan fingerprint density at radius 2 is 2.15 bits per heavy atom. The summed E-state index contributed by atoms with van der Waals surface area (Å²) in [5.41, 5.74) is 2.97. The summed E-state index contributed by atoms with van der Waals surface area (Å²) in [5, 5.41) is 3.97. The molecular formula is C15H16N2O2S. The third kappa shape index (κ3) is 3.45. The second kappa shape index (κ2) is 6.86. The Morgan fingerprint density at radius 1 is 1.35 bits per heavy atom. The van der Waals surface area contributed by atoms with Crippen molar-refractivity contribution in [3.05, 3.63) is 51.7 Å². The van der Waals surface area contributed by atoms with Crippen molar-refractivity contribution < 1.29 is 9.53 Å². The third-order valence-electron chi connectivity index (χ3n) is 2.74. The molecule has 5 heteroatoms. The van der Waals surface area contributed by atoms with Crippen molar-refractivity contribution in [1.82, 2.24) is 5.43 Å². The predicted octanol–water partition coefficient (Wildman–Crippen LogP) is 3.08. The van der Waals surface area contributed by atoms with Crippen LogP contribution in [0.1, 0.15) is 27.0 Å². The monoisotopic (exact) mass is 288 g/mol. The summed E-state index contributed by atoms with van der Waals surface area (Å²) in [6.07, 6.45) is 2.66. The van der Waals surface area contributed by atoms with Crippen LogP contribution in [0.2, 0.25) is 0 Å². The molecule has 0 aliphatic carbocycles. The number of para-hydroxylation sites is 1. The van der Waals surface area contributed by atoms with Gasteiger partial charge in [0.15, 0.2) is 0 Å². The number of ether oxygens (including phenoxy) is 1. The second-order valence-corrected chi connectivity index (χ2v) is 5.26. The molecule has 0 atom stereocenters. The predicted molar refractivity (Wildman–Crippen MR) is 81.8 cm³/mol. The normalized spacial score (nSPS) is 10.7. The van der Waals surface area contributed by atoms with E-state index >= 15 is 0 Å². The Balaban J connectivity index is 2.01. The minimum absolute atomic E-state index is 0.286. The smallest absolute Gasteiger partial charge is 0.275 e. The summed E-state index contributed by atoms with van der Waals surface area (Å²) in [6.45, 7) is 2.11. The number of thiophene rings is 1. The summed E-state index contributed by atoms with van der Waals surface area (Å²) in [6, 6.07) is 11.1. The Bertz CT molecular complexity index is 620. The van der Waals surface area contributed by atoms with Gasteiger partial charge in [-0.2, -0.15) is 5.10 Å². The fraction of sp³-hybridized carbons (Fsp3) is 0.200. The van der Waals surface area contributed by atoms with Gasteiger partial charge < -0.3 is 4.74 Å². The summed E-state index contributed by atoms with van der Waals surface area (Å²) in [5.74, 6) is 0.246. The molecule has 1 N–H and O–H groups in total. The fourth-order valence-electron chi connectivity index (χ4n) is 1.70. The molecule has 2 rings (SSSR count). The van der Waals surface area contributed by atoms with Crippen molar-refractivity contribution in [2.75, 3.05) is 7.11 Å². The van der Waals surface area contributed by atoms with E-state index < -0.39 is 0 Å². The van der Waals surface area contributed by atoms with Crippen LogP contribution in [-0.4, -0.2) is 19.2 Å². The number of amides is 1. The van der Waals surface area contributed by atoms with Crippen LogP contribution in [0.25, 0.3) is 0 Å². The average Bonchev–Trinajstić information content (AvgIpc) is 2.95. The molecule has 0 unspecified atom stereocenters. The summed E-state index contributed by atoms with van der Waals surface area (Å²) >= 11 is 1.66. The van der Waals surface area contributed by atoms with Gasteiger partial charge >= 0.3 is 0 Å². The minimum atomic E-state index is -0.286. The van der Waals surface area contributed by atoms with Gasteiger partial charge in [-0.05, 0) is 30.7 Å². The van der Waals surface area contributed by atoms with E-state index in [1.165, 1.54) is 12.0 Å². The number of benzene rings is 1. The first-order chi connectivity index (χ1) is 9.74. The van der Waals surface area contributed by atoms with Crippen molar-refractivity contribution in [2.45, 2.75) is 13.3 Å². The molecule has 0 fully saturated rings. The molecule has 0 saturated heterocycles. The maximum Gasteiger partial charge on any atom is 0.275 e. The van der Waals surface area contributed by atoms with E-state index in [0.717, 1.165) is 11.3 Å². The highest BCUT2D eigenvalue weighted by Crippen LogP contribution is 2.17. The van der Waals surface area contributed by atoms with Crippen LogP contribution >= 0.6 is 11.3 Å². The SMILES string of the molecule is CCc1ccc(C=NNC(=O)c2ccccc2OC)s1. The van der Waals surface area contributed by atoms with Gasteiger partial charge in [-0.3, -0.25) is 4.79 Å². The number of hydrogen-bond acceptors (Lipinski definition) is 4. The van der Waals surface area contributed by atoms with Gasteiger partial charge in [0.25, 0.3) is 5.91 Å². The van der Waals surface area contributed by atoms with Crippen molar-refractivity contribution >= 4 is 23.5 Å². The van der Waals surface area contributed by atoms with Crippen LogP contribution in [0.4, 0.5) is 0 Å². The standard InChI is InChI=1S/C15H16N2O2S/c1-3-11-8-9-12(20-11)10-16-17-15(18)13-6-4-5-7-14(13)19-2/h4-10H,3H2,1-2H3,(H,17,18). The molecule has 0 saturated carbocycles. The summed E-state index contributed by atoms with van der Waals surface area (Å²) in [7, 11) is 1.54. The van der Waals surface area contributed by atoms with Gasteiger partial charge in [0.1, 0.15) is 5.75 Å². The van der Waals surface area contributed by atoms with E-state index in [-0.39, 0.29) is 5.91 Å². The molecule has 1 amide bonds. The number of rotatable bonds is 5. The molecule has 4 nitrogen and oxygen atoms in total. The highest BCUT2D eigenvalue weighted by Gasteiger charge is 2.09. The molecule has 2 aromatic rings. The van der Waals surface area contributed by atoms with Crippen LogP contribution in [0.3, 0.4) is 0 Å². The molecule has 0 aliphatic rings. The zero-order valence-electron chi connectivity index (χ0n) is 11.4. The van der Waals surface area contributed by atoms with Crippen LogP contribution in [0.5, 0.6) is 5.75 Å². The van der Waals surface area contributed by atoms with Gasteiger partial charge in [0.2, 0.25) is 0 Å². The second-order valence-electron chi connectivity index (χ2n) is 4.06. The highest BCUT2D eigenvalue weighted by atomic mass is 32.1. The lowest BCUT2D eigenvalue weighted by Crippen LogP contribution is -2.18. The van der Waals surface area contributed by atoms with Crippen LogP contribution in [-0.2, 0) is 6.42 Å². The molecular weight excluding hydrogens is 272 g/mol. The lowest BCUT2D eigenvalue weighted by molar-refractivity contribution is 0.0952. The number of carbonyl (C=O) groups excluding carboxylic acids is 1. The number of nitrogens with one attached hydrogen (secondary N) is 1. The molecule has 0 radical (unpaired) electrons. The first-order valence-corrected chi connectivity index (χ1v) is 7.11. The number of methoxy groups -OCH3 is 1. The molecule has 1 heterocycles. The van der Waals surface area contributed by atoms with E-state index in [4.69, 9.17) is 4.74 Å². The zero-order valence-corrected chi connectivity index (χ0v) is 12.2. The minimum Gasteiger partial charge on any atom is -0.496 e. The lowest BCUT2D eigenvalue weighted by atomic mass is 10.2. The maximum absolute atomic E-state index is 12.0. The highest BCUT2D eigenvalue weighted by molar-refractivity contribution is 7.13. The molecule has 0 bridgehead atoms. The molecule has 1 aromatic heterocycles. The topological polar surface area (TPSA) is 50.7 Å². The number of aryl methyl sites for hydroxylation is 1. The molecule has 0 spiro atoms. The van der Waals surface area contributed by atoms with Crippen molar-refractivity contribution in [2.24, 2.45) is 5.10 Å². The molecule has 20 heavy (non-hydrogen) atoms. The Labute approximate surface area is 122 Å². The Hall–Kier alpha value is -2.14. The Morgan fingerprint density at radius 3 is 2.85 bits per heavy atom. The van der Waals surface area contributed by atoms with Crippen LogP contribution < -0.4 is 10.2 Å². The number of nitrogens with zero attached hydrogens (tertiary/aromatic N) is 1. The first-order valence-electron chi connectivity index (χ1n) is 6.29. The van der Waals surface area contributed by atoms with Crippen molar-refractivity contribution in [1.29, 1.82) is 0 Å². The molecule has 0 aliphatic heterocycles. The zero-order chi connectivity index (χ0) is 14.4. The van der Waals surface area contributed by atoms with Gasteiger partial charge in [-0.25, -0.2) is 5.43 Å². The van der Waals surface area contributed by atoms with Gasteiger partial charge in [-0.1, -0.05) is 19.1 Å². The van der Waals surface area contributed by atoms with Gasteiger partial charge in [-0.15, -0.1) is 11.3 Å². The fourth-order valence-corrected chi connectivity index (χ4v) is 2.53. The van der Waals surface area contributed by atoms with E-state index in [2.05, 4.69) is 23.5 Å². The largest absolute Gasteiger partial charge is 0.496 e. The van der Waals surface area contributed by atoms with E-state index in [1.807, 2.05) is 12.1 Å².